The molecule has 9 nitrogen and oxygen atoms in total. The fourth-order valence-electron chi connectivity index (χ4n) is 4.32. The lowest BCUT2D eigenvalue weighted by molar-refractivity contribution is -0.384. The first-order chi connectivity index (χ1) is 16.8. The largest absolute Gasteiger partial charge is 0.312 e. The second-order valence-electron chi connectivity index (χ2n) is 8.31. The molecule has 0 saturated carbocycles. The van der Waals surface area contributed by atoms with Gasteiger partial charge in [0, 0.05) is 36.8 Å². The zero-order valence-electron chi connectivity index (χ0n) is 19.3. The van der Waals surface area contributed by atoms with Gasteiger partial charge in [0.25, 0.3) is 11.6 Å². The van der Waals surface area contributed by atoms with Crippen molar-refractivity contribution in [1.29, 1.82) is 0 Å². The van der Waals surface area contributed by atoms with Crippen molar-refractivity contribution in [3.8, 4) is 0 Å². The Morgan fingerprint density at radius 2 is 2.00 bits per heavy atom. The van der Waals surface area contributed by atoms with Crippen LogP contribution >= 0.6 is 11.3 Å². The van der Waals surface area contributed by atoms with Gasteiger partial charge in [-0.25, -0.2) is 8.42 Å². The second kappa shape index (κ2) is 10.2. The Balaban J connectivity index is 1.66. The first-order valence-corrected chi connectivity index (χ1v) is 13.6. The molecule has 1 aliphatic heterocycles. The average Bonchev–Trinajstić information content (AvgIpc) is 3.20. The number of non-ortho nitro benzene ring substituents is 1. The van der Waals surface area contributed by atoms with E-state index >= 15 is 0 Å². The lowest BCUT2D eigenvalue weighted by Gasteiger charge is -2.34. The number of nitrogens with zero attached hydrogens (tertiary/aromatic N) is 4. The van der Waals surface area contributed by atoms with E-state index in [-0.39, 0.29) is 22.2 Å². The van der Waals surface area contributed by atoms with Crippen LogP contribution < -0.4 is 4.80 Å². The number of sulfonamides is 1. The normalized spacial score (nSPS) is 17.5. The maximum atomic E-state index is 13.2. The fourth-order valence-corrected chi connectivity index (χ4v) is 7.16. The Labute approximate surface area is 207 Å². The van der Waals surface area contributed by atoms with Crippen LogP contribution in [0, 0.1) is 10.1 Å². The predicted molar refractivity (Wildman–Crippen MR) is 135 cm³/mol. The summed E-state index contributed by atoms with van der Waals surface area (Å²) in [5.41, 5.74) is 0.918. The summed E-state index contributed by atoms with van der Waals surface area (Å²) in [4.78, 5) is 28.3. The minimum absolute atomic E-state index is 0.00542. The number of fused-ring (bicyclic) bond motifs is 1. The van der Waals surface area contributed by atoms with Crippen LogP contribution in [0.1, 0.15) is 43.0 Å². The summed E-state index contributed by atoms with van der Waals surface area (Å²) in [5, 5.41) is 11.1. The number of allylic oxidation sites excluding steroid dienone is 1. The first kappa shape index (κ1) is 25.0. The van der Waals surface area contributed by atoms with Crippen molar-refractivity contribution in [1.82, 2.24) is 8.87 Å². The number of nitro groups is 1. The van der Waals surface area contributed by atoms with E-state index in [4.69, 9.17) is 0 Å². The van der Waals surface area contributed by atoms with Crippen LogP contribution in [-0.4, -0.2) is 40.7 Å². The molecule has 1 fully saturated rings. The standard InChI is InChI=1S/C24H26N4O5S2/c1-3-14-26-21-13-10-19(28(30)31)16-22(21)34-24(26)25-23(29)17-8-11-20(12-9-17)35(32,33)27-15-6-5-7-18(27)4-2/h3,8-13,16,18H,1,4-7,14-15H2,2H3. The summed E-state index contributed by atoms with van der Waals surface area (Å²) in [6.07, 6.45) is 5.14. The molecular formula is C24H26N4O5S2. The van der Waals surface area contributed by atoms with Gasteiger partial charge in [-0.15, -0.1) is 6.58 Å². The Kier molecular flexibility index (Phi) is 7.29. The van der Waals surface area contributed by atoms with Crippen LogP contribution in [-0.2, 0) is 16.6 Å². The Hall–Kier alpha value is -3.15. The predicted octanol–water partition coefficient (Wildman–Crippen LogP) is 4.49. The third-order valence-corrected chi connectivity index (χ3v) is 9.15. The van der Waals surface area contributed by atoms with Crippen molar-refractivity contribution in [3.63, 3.8) is 0 Å². The smallest absolute Gasteiger partial charge is 0.279 e. The van der Waals surface area contributed by atoms with Gasteiger partial charge in [-0.1, -0.05) is 30.8 Å². The van der Waals surface area contributed by atoms with Crippen LogP contribution in [0.15, 0.2) is 65.0 Å². The zero-order chi connectivity index (χ0) is 25.2. The molecule has 4 rings (SSSR count). The van der Waals surface area contributed by atoms with E-state index in [2.05, 4.69) is 11.6 Å². The molecule has 0 spiro atoms. The van der Waals surface area contributed by atoms with Crippen molar-refractivity contribution in [2.75, 3.05) is 6.54 Å². The molecule has 1 unspecified atom stereocenters. The number of aromatic nitrogens is 1. The lowest BCUT2D eigenvalue weighted by atomic mass is 10.0. The molecule has 1 atom stereocenters. The maximum Gasteiger partial charge on any atom is 0.279 e. The molecule has 1 aromatic heterocycles. The minimum atomic E-state index is -3.64. The quantitative estimate of drug-likeness (QED) is 0.262. The Morgan fingerprint density at radius 1 is 1.26 bits per heavy atom. The fraction of sp³-hybridized carbons (Fsp3) is 0.333. The maximum absolute atomic E-state index is 13.2. The van der Waals surface area contributed by atoms with Gasteiger partial charge in [-0.05, 0) is 49.6 Å². The minimum Gasteiger partial charge on any atom is -0.312 e. The number of amides is 1. The number of hydrogen-bond acceptors (Lipinski definition) is 6. The van der Waals surface area contributed by atoms with Gasteiger partial charge < -0.3 is 4.57 Å². The number of thiazole rings is 1. The number of carbonyl (C=O) groups is 1. The van der Waals surface area contributed by atoms with Gasteiger partial charge >= 0.3 is 0 Å². The molecule has 0 radical (unpaired) electrons. The molecule has 1 saturated heterocycles. The van der Waals surface area contributed by atoms with E-state index in [1.54, 1.807) is 21.0 Å². The van der Waals surface area contributed by atoms with Gasteiger partial charge in [-0.2, -0.15) is 9.30 Å². The van der Waals surface area contributed by atoms with Crippen molar-refractivity contribution in [3.05, 3.63) is 75.6 Å². The molecule has 184 valence electrons. The summed E-state index contributed by atoms with van der Waals surface area (Å²) >= 11 is 1.17. The summed E-state index contributed by atoms with van der Waals surface area (Å²) in [6, 6.07) is 10.3. The van der Waals surface area contributed by atoms with Crippen molar-refractivity contribution in [2.45, 2.75) is 50.1 Å². The van der Waals surface area contributed by atoms with E-state index in [1.165, 1.54) is 47.7 Å². The monoisotopic (exact) mass is 514 g/mol. The van der Waals surface area contributed by atoms with E-state index in [9.17, 15) is 23.3 Å². The highest BCUT2D eigenvalue weighted by molar-refractivity contribution is 7.89. The molecule has 1 aliphatic rings. The Morgan fingerprint density at radius 3 is 2.66 bits per heavy atom. The Bertz CT molecular complexity index is 1460. The van der Waals surface area contributed by atoms with Crippen LogP contribution in [0.2, 0.25) is 0 Å². The van der Waals surface area contributed by atoms with Gasteiger partial charge in [0.1, 0.15) is 0 Å². The lowest BCUT2D eigenvalue weighted by Crippen LogP contribution is -2.43. The number of benzene rings is 2. The van der Waals surface area contributed by atoms with E-state index < -0.39 is 20.9 Å². The summed E-state index contributed by atoms with van der Waals surface area (Å²) in [5.74, 6) is -0.530. The number of carbonyl (C=O) groups excluding carboxylic acids is 1. The van der Waals surface area contributed by atoms with E-state index in [0.29, 0.717) is 28.1 Å². The molecule has 0 N–H and O–H groups in total. The first-order valence-electron chi connectivity index (χ1n) is 11.4. The van der Waals surface area contributed by atoms with Gasteiger partial charge in [0.15, 0.2) is 4.80 Å². The molecule has 3 aromatic rings. The number of piperidine rings is 1. The summed E-state index contributed by atoms with van der Waals surface area (Å²) in [6.45, 7) is 6.60. The molecule has 35 heavy (non-hydrogen) atoms. The molecule has 11 heteroatoms. The highest BCUT2D eigenvalue weighted by Crippen LogP contribution is 2.27. The SMILES string of the molecule is C=CCn1c(=NC(=O)c2ccc(S(=O)(=O)N3CCCCC3CC)cc2)sc2cc([N+](=O)[O-])ccc21. The summed E-state index contributed by atoms with van der Waals surface area (Å²) in [7, 11) is -3.64. The molecule has 2 aromatic carbocycles. The molecule has 2 heterocycles. The van der Waals surface area contributed by atoms with Crippen LogP contribution in [0.4, 0.5) is 5.69 Å². The van der Waals surface area contributed by atoms with Crippen molar-refractivity contribution >= 4 is 43.2 Å². The molecule has 0 bridgehead atoms. The van der Waals surface area contributed by atoms with Crippen molar-refractivity contribution in [2.24, 2.45) is 4.99 Å². The third kappa shape index (κ3) is 4.97. The number of rotatable bonds is 7. The van der Waals surface area contributed by atoms with E-state index in [1.807, 2.05) is 6.92 Å². The van der Waals surface area contributed by atoms with Crippen LogP contribution in [0.3, 0.4) is 0 Å². The molecule has 0 aliphatic carbocycles. The molecular weight excluding hydrogens is 488 g/mol. The van der Waals surface area contributed by atoms with Crippen LogP contribution in [0.5, 0.6) is 0 Å². The van der Waals surface area contributed by atoms with Gasteiger partial charge in [-0.3, -0.25) is 14.9 Å². The zero-order valence-corrected chi connectivity index (χ0v) is 20.9. The van der Waals surface area contributed by atoms with Crippen LogP contribution in [0.25, 0.3) is 10.2 Å². The van der Waals surface area contributed by atoms with Gasteiger partial charge in [0.05, 0.1) is 20.0 Å². The molecule has 1 amide bonds. The highest BCUT2D eigenvalue weighted by Gasteiger charge is 2.32. The highest BCUT2D eigenvalue weighted by atomic mass is 32.2. The number of hydrogen-bond donors (Lipinski definition) is 0. The second-order valence-corrected chi connectivity index (χ2v) is 11.2. The van der Waals surface area contributed by atoms with Crippen molar-refractivity contribution < 1.29 is 18.1 Å². The van der Waals surface area contributed by atoms with Gasteiger partial charge in [0.2, 0.25) is 10.0 Å². The summed E-state index contributed by atoms with van der Waals surface area (Å²) < 4.78 is 30.3. The topological polar surface area (TPSA) is 115 Å². The number of nitro benzene ring substituents is 1. The third-order valence-electron chi connectivity index (χ3n) is 6.14. The van der Waals surface area contributed by atoms with E-state index in [0.717, 1.165) is 25.7 Å². The average molecular weight is 515 g/mol.